The first kappa shape index (κ1) is 27.0. The van der Waals surface area contributed by atoms with E-state index in [1.165, 1.54) is 24.1 Å². The standard InChI is InChI=1S/C26H26F4N4O4/c1-31-25(36)20-12-17(18-13-32-33(2)14-18)5-8-22(20)37-23-9-10-34(15-21(23)27)24(35)11-16-3-6-19(7-4-16)38-26(28,29)30/h3-8,12-14,21,23H,9-11,15H2,1-2H3,(H,31,36). The topological polar surface area (TPSA) is 85.7 Å². The molecule has 0 aliphatic carbocycles. The van der Waals surface area contributed by atoms with Crippen LogP contribution in [-0.2, 0) is 18.3 Å². The first-order valence-electron chi connectivity index (χ1n) is 11.8. The van der Waals surface area contributed by atoms with Gasteiger partial charge < -0.3 is 19.7 Å². The Bertz CT molecular complexity index is 1290. The minimum absolute atomic E-state index is 0.0961. The Morgan fingerprint density at radius 2 is 1.87 bits per heavy atom. The minimum Gasteiger partial charge on any atom is -0.486 e. The number of nitrogens with zero attached hydrogens (tertiary/aromatic N) is 3. The lowest BCUT2D eigenvalue weighted by Gasteiger charge is -2.35. The van der Waals surface area contributed by atoms with Crippen LogP contribution in [0, 0.1) is 0 Å². The zero-order chi connectivity index (χ0) is 27.4. The Hall–Kier alpha value is -4.09. The summed E-state index contributed by atoms with van der Waals surface area (Å²) >= 11 is 0. The average Bonchev–Trinajstić information content (AvgIpc) is 3.31. The summed E-state index contributed by atoms with van der Waals surface area (Å²) in [5.41, 5.74) is 2.28. The van der Waals surface area contributed by atoms with Crippen LogP contribution in [0.5, 0.6) is 11.5 Å². The van der Waals surface area contributed by atoms with Crippen molar-refractivity contribution in [2.24, 2.45) is 7.05 Å². The van der Waals surface area contributed by atoms with Gasteiger partial charge >= 0.3 is 6.36 Å². The normalized spacial score (nSPS) is 17.7. The van der Waals surface area contributed by atoms with Gasteiger partial charge in [-0.2, -0.15) is 5.10 Å². The van der Waals surface area contributed by atoms with Crippen LogP contribution in [0.2, 0.25) is 0 Å². The maximum Gasteiger partial charge on any atom is 0.573 e. The number of piperidine rings is 1. The predicted octanol–water partition coefficient (Wildman–Crippen LogP) is 3.91. The van der Waals surface area contributed by atoms with Crippen LogP contribution in [-0.4, -0.2) is 65.3 Å². The molecule has 0 bridgehead atoms. The molecular formula is C26H26F4N4O4. The molecule has 38 heavy (non-hydrogen) atoms. The van der Waals surface area contributed by atoms with Gasteiger partial charge in [0.2, 0.25) is 5.91 Å². The van der Waals surface area contributed by atoms with Gasteiger partial charge in [-0.1, -0.05) is 18.2 Å². The Labute approximate surface area is 216 Å². The summed E-state index contributed by atoms with van der Waals surface area (Å²) in [5.74, 6) is -0.909. The van der Waals surface area contributed by atoms with E-state index in [-0.39, 0.29) is 54.8 Å². The number of hydrogen-bond acceptors (Lipinski definition) is 5. The molecule has 2 unspecified atom stereocenters. The van der Waals surface area contributed by atoms with Gasteiger partial charge in [0.15, 0.2) is 6.17 Å². The molecule has 12 heteroatoms. The third kappa shape index (κ3) is 6.61. The summed E-state index contributed by atoms with van der Waals surface area (Å²) < 4.78 is 63.4. The maximum absolute atomic E-state index is 15.1. The molecule has 0 radical (unpaired) electrons. The number of aryl methyl sites for hydroxylation is 1. The van der Waals surface area contributed by atoms with Gasteiger partial charge in [0.25, 0.3) is 5.91 Å². The van der Waals surface area contributed by atoms with E-state index in [0.29, 0.717) is 5.56 Å². The Morgan fingerprint density at radius 1 is 1.13 bits per heavy atom. The molecule has 2 heterocycles. The van der Waals surface area contributed by atoms with Gasteiger partial charge in [-0.25, -0.2) is 4.39 Å². The molecule has 3 aromatic rings. The second-order valence-corrected chi connectivity index (χ2v) is 8.86. The highest BCUT2D eigenvalue weighted by molar-refractivity contribution is 5.98. The number of alkyl halides is 4. The summed E-state index contributed by atoms with van der Waals surface area (Å²) in [5, 5.41) is 6.70. The molecule has 1 saturated heterocycles. The SMILES string of the molecule is CNC(=O)c1cc(-c2cnn(C)c2)ccc1OC1CCN(C(=O)Cc2ccc(OC(F)(F)F)cc2)CC1F. The molecular weight excluding hydrogens is 508 g/mol. The molecule has 2 amide bonds. The smallest absolute Gasteiger partial charge is 0.486 e. The Kier molecular flexibility index (Phi) is 7.88. The van der Waals surface area contributed by atoms with Crippen molar-refractivity contribution in [3.05, 3.63) is 66.0 Å². The monoisotopic (exact) mass is 534 g/mol. The highest BCUT2D eigenvalue weighted by Gasteiger charge is 2.34. The van der Waals surface area contributed by atoms with E-state index < -0.39 is 18.6 Å². The van der Waals surface area contributed by atoms with E-state index in [0.717, 1.165) is 23.3 Å². The quantitative estimate of drug-likeness (QED) is 0.465. The number of benzene rings is 2. The second kappa shape index (κ2) is 11.1. The molecule has 1 fully saturated rings. The molecule has 202 valence electrons. The third-order valence-corrected chi connectivity index (χ3v) is 6.11. The van der Waals surface area contributed by atoms with Gasteiger partial charge in [0, 0.05) is 38.8 Å². The summed E-state index contributed by atoms with van der Waals surface area (Å²) in [4.78, 5) is 26.6. The Balaban J connectivity index is 1.38. The number of hydrogen-bond donors (Lipinski definition) is 1. The molecule has 1 aliphatic rings. The molecule has 0 saturated carbocycles. The number of aromatic nitrogens is 2. The summed E-state index contributed by atoms with van der Waals surface area (Å²) in [7, 11) is 3.27. The van der Waals surface area contributed by atoms with Crippen molar-refractivity contribution >= 4 is 11.8 Å². The second-order valence-electron chi connectivity index (χ2n) is 8.86. The number of amides is 2. The van der Waals surface area contributed by atoms with Crippen molar-refractivity contribution in [2.75, 3.05) is 20.1 Å². The van der Waals surface area contributed by atoms with Gasteiger partial charge in [0.05, 0.1) is 24.7 Å². The van der Waals surface area contributed by atoms with Crippen molar-refractivity contribution in [1.29, 1.82) is 0 Å². The highest BCUT2D eigenvalue weighted by atomic mass is 19.4. The molecule has 1 aliphatic heterocycles. The fourth-order valence-corrected chi connectivity index (χ4v) is 4.20. The molecule has 2 aromatic carbocycles. The molecule has 1 aromatic heterocycles. The van der Waals surface area contributed by atoms with Crippen LogP contribution in [0.25, 0.3) is 11.1 Å². The van der Waals surface area contributed by atoms with E-state index in [4.69, 9.17) is 4.74 Å². The first-order chi connectivity index (χ1) is 18.0. The van der Waals surface area contributed by atoms with Crippen molar-refractivity contribution in [3.8, 4) is 22.6 Å². The fraction of sp³-hybridized carbons (Fsp3) is 0.346. The lowest BCUT2D eigenvalue weighted by atomic mass is 10.0. The lowest BCUT2D eigenvalue weighted by Crippen LogP contribution is -2.49. The van der Waals surface area contributed by atoms with Crippen molar-refractivity contribution in [1.82, 2.24) is 20.0 Å². The van der Waals surface area contributed by atoms with E-state index in [2.05, 4.69) is 15.2 Å². The lowest BCUT2D eigenvalue weighted by molar-refractivity contribution is -0.274. The highest BCUT2D eigenvalue weighted by Crippen LogP contribution is 2.30. The van der Waals surface area contributed by atoms with Crippen molar-refractivity contribution < 1.29 is 36.6 Å². The molecule has 2 atom stereocenters. The van der Waals surface area contributed by atoms with Crippen molar-refractivity contribution in [2.45, 2.75) is 31.5 Å². The van der Waals surface area contributed by atoms with Crippen LogP contribution >= 0.6 is 0 Å². The van der Waals surface area contributed by atoms with Crippen LogP contribution in [0.3, 0.4) is 0 Å². The zero-order valence-corrected chi connectivity index (χ0v) is 20.7. The van der Waals surface area contributed by atoms with E-state index in [1.807, 2.05) is 0 Å². The average molecular weight is 535 g/mol. The van der Waals surface area contributed by atoms with E-state index in [1.54, 1.807) is 42.3 Å². The largest absolute Gasteiger partial charge is 0.573 e. The number of carbonyl (C=O) groups excluding carboxylic acids is 2. The number of halogens is 4. The maximum atomic E-state index is 15.1. The zero-order valence-electron chi connectivity index (χ0n) is 20.7. The molecule has 8 nitrogen and oxygen atoms in total. The number of nitrogens with one attached hydrogen (secondary N) is 1. The van der Waals surface area contributed by atoms with Gasteiger partial charge in [0.1, 0.15) is 17.6 Å². The molecule has 4 rings (SSSR count). The minimum atomic E-state index is -4.80. The van der Waals surface area contributed by atoms with Gasteiger partial charge in [-0.15, -0.1) is 13.2 Å². The number of likely N-dealkylation sites (tertiary alicyclic amines) is 1. The van der Waals surface area contributed by atoms with Crippen LogP contribution in [0.15, 0.2) is 54.9 Å². The van der Waals surface area contributed by atoms with Crippen molar-refractivity contribution in [3.63, 3.8) is 0 Å². The summed E-state index contributed by atoms with van der Waals surface area (Å²) in [6.07, 6.45) is -3.61. The Morgan fingerprint density at radius 3 is 2.47 bits per heavy atom. The number of rotatable bonds is 7. The van der Waals surface area contributed by atoms with E-state index >= 15 is 4.39 Å². The molecule has 1 N–H and O–H groups in total. The van der Waals surface area contributed by atoms with Gasteiger partial charge in [-0.3, -0.25) is 14.3 Å². The summed E-state index contributed by atoms with van der Waals surface area (Å²) in [6, 6.07) is 9.99. The number of carbonyl (C=O) groups is 2. The third-order valence-electron chi connectivity index (χ3n) is 6.11. The van der Waals surface area contributed by atoms with Gasteiger partial charge in [-0.05, 0) is 35.4 Å². The van der Waals surface area contributed by atoms with Crippen LogP contribution in [0.1, 0.15) is 22.3 Å². The summed E-state index contributed by atoms with van der Waals surface area (Å²) in [6.45, 7) is 0.0180. The predicted molar refractivity (Wildman–Crippen MR) is 129 cm³/mol. The van der Waals surface area contributed by atoms with E-state index in [9.17, 15) is 22.8 Å². The number of ether oxygens (including phenoxy) is 2. The fourth-order valence-electron chi connectivity index (χ4n) is 4.20. The van der Waals surface area contributed by atoms with Crippen LogP contribution in [0.4, 0.5) is 17.6 Å². The first-order valence-corrected chi connectivity index (χ1v) is 11.8. The van der Waals surface area contributed by atoms with Crippen LogP contribution < -0.4 is 14.8 Å². The molecule has 0 spiro atoms.